The molecule has 0 bridgehead atoms. The Morgan fingerprint density at radius 1 is 0.726 bits per heavy atom. The maximum Gasteiger partial charge on any atom is 0.227 e. The average molecular weight is 834 g/mol. The molecule has 2 saturated heterocycles. The van der Waals surface area contributed by atoms with Crippen LogP contribution in [0.25, 0.3) is 55.7 Å². The van der Waals surface area contributed by atoms with Crippen molar-refractivity contribution in [1.29, 1.82) is 0 Å². The molecular formula is C54H46ClN4O3+. The van der Waals surface area contributed by atoms with E-state index >= 15 is 0 Å². The largest absolute Gasteiger partial charge is 0.508 e. The summed E-state index contributed by atoms with van der Waals surface area (Å²) < 4.78 is 8.45. The van der Waals surface area contributed by atoms with Gasteiger partial charge in [0.05, 0.1) is 24.0 Å². The number of hydrogen-bond acceptors (Lipinski definition) is 6. The smallest absolute Gasteiger partial charge is 0.227 e. The monoisotopic (exact) mass is 833 g/mol. The van der Waals surface area contributed by atoms with Gasteiger partial charge in [0.2, 0.25) is 5.88 Å². The molecule has 6 unspecified atom stereocenters. The minimum absolute atomic E-state index is 0.00251. The molecule has 4 heterocycles. The van der Waals surface area contributed by atoms with Crippen molar-refractivity contribution < 1.29 is 19.4 Å². The number of quaternary nitrogens is 1. The van der Waals surface area contributed by atoms with Gasteiger partial charge in [-0.05, 0) is 64.6 Å². The van der Waals surface area contributed by atoms with Crippen LogP contribution in [0.15, 0.2) is 170 Å². The number of aromatic hydroxyl groups is 1. The lowest BCUT2D eigenvalue weighted by atomic mass is 9.84. The maximum atomic E-state index is 11.0. The van der Waals surface area contributed by atoms with Gasteiger partial charge in [0, 0.05) is 53.1 Å². The molecule has 306 valence electrons. The quantitative estimate of drug-likeness (QED) is 0.0941. The van der Waals surface area contributed by atoms with Gasteiger partial charge in [-0.1, -0.05) is 145 Å². The highest BCUT2D eigenvalue weighted by Gasteiger charge is 2.87. The van der Waals surface area contributed by atoms with Gasteiger partial charge < -0.3 is 19.4 Å². The number of fused-ring (bicyclic) bond motifs is 1. The third-order valence-corrected chi connectivity index (χ3v) is 14.6. The molecule has 8 heteroatoms. The molecule has 62 heavy (non-hydrogen) atoms. The van der Waals surface area contributed by atoms with E-state index in [4.69, 9.17) is 31.3 Å². The number of aliphatic hydroxyl groups is 1. The third kappa shape index (κ3) is 6.29. The van der Waals surface area contributed by atoms with E-state index in [1.807, 2.05) is 79.0 Å². The Hall–Kier alpha value is -6.38. The molecule has 1 saturated carbocycles. The zero-order valence-electron chi connectivity index (χ0n) is 34.2. The fourth-order valence-corrected chi connectivity index (χ4v) is 11.8. The van der Waals surface area contributed by atoms with Crippen molar-refractivity contribution in [3.05, 3.63) is 186 Å². The van der Waals surface area contributed by atoms with Crippen LogP contribution in [0.4, 0.5) is 0 Å². The van der Waals surface area contributed by atoms with Gasteiger partial charge in [0.15, 0.2) is 11.9 Å². The van der Waals surface area contributed by atoms with E-state index in [-0.39, 0.29) is 23.9 Å². The van der Waals surface area contributed by atoms with Gasteiger partial charge in [0.25, 0.3) is 0 Å². The molecule has 1 spiro atoms. The molecule has 7 nitrogen and oxygen atoms in total. The van der Waals surface area contributed by atoms with Crippen molar-refractivity contribution in [2.75, 3.05) is 13.2 Å². The summed E-state index contributed by atoms with van der Waals surface area (Å²) in [5, 5.41) is 22.6. The van der Waals surface area contributed by atoms with Gasteiger partial charge in [-0.3, -0.25) is 4.98 Å². The fourth-order valence-electron chi connectivity index (χ4n) is 11.6. The molecule has 2 aliphatic heterocycles. The minimum atomic E-state index is -0.531. The van der Waals surface area contributed by atoms with Crippen LogP contribution in [0.3, 0.4) is 0 Å². The molecule has 6 aromatic carbocycles. The maximum absolute atomic E-state index is 11.0. The van der Waals surface area contributed by atoms with Crippen LogP contribution < -0.4 is 4.74 Å². The molecule has 1 aliphatic carbocycles. The number of aliphatic hydroxyl groups excluding tert-OH is 1. The lowest BCUT2D eigenvalue weighted by Crippen LogP contribution is -2.71. The van der Waals surface area contributed by atoms with Crippen molar-refractivity contribution in [2.24, 2.45) is 11.8 Å². The second-order valence-electron chi connectivity index (χ2n) is 17.2. The fraction of sp³-hybridized carbons (Fsp3) is 0.204. The van der Waals surface area contributed by atoms with Crippen molar-refractivity contribution in [3.63, 3.8) is 0 Å². The van der Waals surface area contributed by atoms with Crippen LogP contribution in [-0.2, 0) is 6.54 Å². The van der Waals surface area contributed by atoms with Crippen LogP contribution in [-0.4, -0.2) is 54.4 Å². The van der Waals surface area contributed by atoms with E-state index in [0.29, 0.717) is 34.3 Å². The third-order valence-electron chi connectivity index (χ3n) is 14.3. The summed E-state index contributed by atoms with van der Waals surface area (Å²) in [7, 11) is 0. The Morgan fingerprint density at radius 3 is 2.08 bits per heavy atom. The molecule has 0 radical (unpaired) electrons. The van der Waals surface area contributed by atoms with Crippen molar-refractivity contribution in [3.8, 4) is 56.4 Å². The van der Waals surface area contributed by atoms with Crippen LogP contribution >= 0.6 is 11.6 Å². The number of phenolic OH excluding ortho intramolecular Hbond substituents is 1. The summed E-state index contributed by atoms with van der Waals surface area (Å²) in [4.78, 5) is 14.8. The van der Waals surface area contributed by atoms with Gasteiger partial charge in [-0.15, -0.1) is 0 Å². The zero-order chi connectivity index (χ0) is 41.8. The zero-order valence-corrected chi connectivity index (χ0v) is 34.9. The van der Waals surface area contributed by atoms with E-state index in [0.717, 1.165) is 64.4 Å². The van der Waals surface area contributed by atoms with Crippen molar-refractivity contribution in [2.45, 2.75) is 43.5 Å². The van der Waals surface area contributed by atoms with E-state index in [1.54, 1.807) is 6.07 Å². The molecule has 3 fully saturated rings. The van der Waals surface area contributed by atoms with Crippen LogP contribution in [0, 0.1) is 11.8 Å². The average Bonchev–Trinajstić information content (AvgIpc) is 3.93. The number of hydrogen-bond donors (Lipinski definition) is 2. The number of ether oxygens (including phenoxy) is 1. The van der Waals surface area contributed by atoms with E-state index in [2.05, 4.69) is 84.9 Å². The highest BCUT2D eigenvalue weighted by molar-refractivity contribution is 6.32. The number of rotatable bonds is 12. The topological polar surface area (TPSA) is 88.4 Å². The molecule has 2 aromatic heterocycles. The summed E-state index contributed by atoms with van der Waals surface area (Å²) in [5.74, 6) is 1.88. The van der Waals surface area contributed by atoms with Crippen molar-refractivity contribution >= 4 is 22.5 Å². The second kappa shape index (κ2) is 15.5. The number of pyridine rings is 1. The minimum Gasteiger partial charge on any atom is -0.508 e. The van der Waals surface area contributed by atoms with E-state index in [9.17, 15) is 10.2 Å². The molecule has 8 aromatic rings. The highest BCUT2D eigenvalue weighted by Crippen LogP contribution is 2.76. The first-order valence-electron chi connectivity index (χ1n) is 21.6. The first kappa shape index (κ1) is 38.5. The number of piperidine rings is 1. The molecular weight excluding hydrogens is 788 g/mol. The second-order valence-corrected chi connectivity index (χ2v) is 17.5. The number of halogens is 1. The summed E-state index contributed by atoms with van der Waals surface area (Å²) in [6, 6.07) is 55.6. The van der Waals surface area contributed by atoms with Gasteiger partial charge in [-0.25, -0.2) is 4.98 Å². The summed E-state index contributed by atoms with van der Waals surface area (Å²) >= 11 is 7.24. The van der Waals surface area contributed by atoms with Gasteiger partial charge in [-0.2, -0.15) is 4.98 Å². The Labute approximate surface area is 366 Å². The summed E-state index contributed by atoms with van der Waals surface area (Å²) in [5.41, 5.74) is 10.1. The number of benzene rings is 6. The molecule has 2 N–H and O–H groups in total. The predicted octanol–water partition coefficient (Wildman–Crippen LogP) is 11.7. The van der Waals surface area contributed by atoms with Crippen LogP contribution in [0.5, 0.6) is 11.6 Å². The lowest BCUT2D eigenvalue weighted by molar-refractivity contribution is -1.03. The Morgan fingerprint density at radius 2 is 1.40 bits per heavy atom. The molecule has 3 aliphatic rings. The first-order chi connectivity index (χ1) is 30.5. The summed E-state index contributed by atoms with van der Waals surface area (Å²) in [6.45, 7) is 1.92. The van der Waals surface area contributed by atoms with Gasteiger partial charge in [0.1, 0.15) is 29.0 Å². The molecule has 0 amide bonds. The van der Waals surface area contributed by atoms with Crippen LogP contribution in [0.1, 0.15) is 36.5 Å². The predicted molar refractivity (Wildman–Crippen MR) is 245 cm³/mol. The first-order valence-corrected chi connectivity index (χ1v) is 22.0. The normalized spacial score (nSPS) is 22.6. The van der Waals surface area contributed by atoms with E-state index in [1.165, 1.54) is 27.8 Å². The summed E-state index contributed by atoms with van der Waals surface area (Å²) in [6.07, 6.45) is 4.10. The van der Waals surface area contributed by atoms with Crippen molar-refractivity contribution in [1.82, 2.24) is 15.0 Å². The SMILES string of the molecule is OCCC1C2CC(C(Oc3nc(-c4ccccc4)nc(Cl)c3-c3ccccc3)c3ccnc4ccc(O)cc34)[N+]3(Cc4cc(-c5ccccc5)ccc4-c4ccccc4)CCC123. The Balaban J connectivity index is 1.12. The van der Waals surface area contributed by atoms with Crippen LogP contribution in [0.2, 0.25) is 5.15 Å². The molecule has 6 atom stereocenters. The number of nitrogens with zero attached hydrogens (tertiary/aromatic N) is 4. The Bertz CT molecular complexity index is 2920. The lowest BCUT2D eigenvalue weighted by Gasteiger charge is -2.57. The van der Waals surface area contributed by atoms with Gasteiger partial charge >= 0.3 is 0 Å². The van der Waals surface area contributed by atoms with E-state index < -0.39 is 6.10 Å². The highest BCUT2D eigenvalue weighted by atomic mass is 35.5. The molecule has 11 rings (SSSR count). The number of phenols is 1. The number of aromatic nitrogens is 3. The standard InChI is InChI=1S/C54H45ClN4O3/c55-51-49(37-17-9-3-10-18-37)53(58-52(57-51)38-19-11-4-12-20-38)62-50(43-25-28-56-47-24-22-41(61)32-44(43)47)48-33-46-45(26-30-60)54(46)27-29-59(48,54)34-40-31-39(35-13-5-1-6-14-35)21-23-42(40)36-15-7-2-8-16-36/h1-25,28,31-32,45-46,48,50,60H,26-27,29-30,33-34H2/p+1. The Kier molecular flexibility index (Phi) is 9.64.